The minimum atomic E-state index is -0.0166. The van der Waals surface area contributed by atoms with Crippen LogP contribution < -0.4 is 30.0 Å². The van der Waals surface area contributed by atoms with Crippen LogP contribution in [0.1, 0.15) is 105 Å². The summed E-state index contributed by atoms with van der Waals surface area (Å²) in [7, 11) is 0. The number of fused-ring (bicyclic) bond motifs is 6. The van der Waals surface area contributed by atoms with E-state index in [1.54, 1.807) is 0 Å². The first-order valence-corrected chi connectivity index (χ1v) is 31.3. The fourth-order valence-electron chi connectivity index (χ4n) is 12.6. The Morgan fingerprint density at radius 2 is 0.783 bits per heavy atom. The molecule has 0 saturated carbocycles. The van der Waals surface area contributed by atoms with Gasteiger partial charge >= 0.3 is 461 Å². The molecule has 0 bridgehead atoms. The molecule has 0 radical (unpaired) electrons. The van der Waals surface area contributed by atoms with Gasteiger partial charge in [0.25, 0.3) is 0 Å². The van der Waals surface area contributed by atoms with Crippen LogP contribution in [0, 0.1) is 0 Å². The van der Waals surface area contributed by atoms with E-state index in [4.69, 9.17) is 0 Å². The molecule has 0 saturated heterocycles. The molecule has 0 N–H and O–H groups in total. The van der Waals surface area contributed by atoms with Crippen LogP contribution in [0.4, 0.5) is 51.2 Å². The fraction of sp³-hybridized carbons (Fsp3) is 0.205. The average Bonchev–Trinajstić information content (AvgIpc) is 2.08. The molecule has 3 nitrogen and oxygen atoms in total. The zero-order valence-electron chi connectivity index (χ0n) is 50.3. The van der Waals surface area contributed by atoms with Gasteiger partial charge in [-0.15, -0.1) is 0 Å². The van der Waals surface area contributed by atoms with Crippen molar-refractivity contribution >= 4 is 97.3 Å². The van der Waals surface area contributed by atoms with E-state index in [1.807, 2.05) is 0 Å². The maximum absolute atomic E-state index is 2.66. The molecule has 13 rings (SSSR count). The standard InChI is InChI=1S/C78H74BN3Se/c1-75(2,3)55-28-36-59(37-29-55)80(60-38-30-56(31-39-60)76(4,5)6)63-44-45-67-68(50-63)81(61-40-32-57(33-41-61)77(7,8)9)69-48-54(51-21-15-13-16-22-51)49-70-72(69)79(67)74-73(82(70)62-42-34-58(35-43-62)78(10,11)12)66-47-53(27-46-71(66)83-74)65-26-20-19-25-64(65)52-23-17-14-18-24-52/h13-50H,1-12H3. The molecule has 410 valence electrons. The molecule has 3 heterocycles. The van der Waals surface area contributed by atoms with Crippen molar-refractivity contribution < 1.29 is 0 Å². The zero-order valence-corrected chi connectivity index (χ0v) is 52.0. The third kappa shape index (κ3) is 9.86. The molecule has 0 aliphatic carbocycles. The molecule has 2 aliphatic rings. The Bertz CT molecular complexity index is 4150. The summed E-state index contributed by atoms with van der Waals surface area (Å²) in [5, 5.41) is 1.32. The Hall–Kier alpha value is -8.08. The second kappa shape index (κ2) is 20.4. The van der Waals surface area contributed by atoms with Gasteiger partial charge in [0.2, 0.25) is 0 Å². The average molecular weight is 1140 g/mol. The number of rotatable bonds is 8. The molecular weight excluding hydrogens is 1070 g/mol. The van der Waals surface area contributed by atoms with Crippen molar-refractivity contribution in [2.45, 2.75) is 105 Å². The molecule has 1 aromatic heterocycles. The summed E-state index contributed by atoms with van der Waals surface area (Å²) >= 11 is -0.00836. The quantitative estimate of drug-likeness (QED) is 0.140. The summed E-state index contributed by atoms with van der Waals surface area (Å²) in [4.78, 5) is 7.74. The minimum absolute atomic E-state index is 0.000599. The van der Waals surface area contributed by atoms with Crippen LogP contribution in [-0.2, 0) is 21.7 Å². The summed E-state index contributed by atoms with van der Waals surface area (Å²) in [5.41, 5.74) is 25.9. The molecule has 11 aromatic rings. The van der Waals surface area contributed by atoms with Crippen LogP contribution in [0.2, 0.25) is 0 Å². The van der Waals surface area contributed by atoms with Crippen LogP contribution in [0.3, 0.4) is 0 Å². The van der Waals surface area contributed by atoms with E-state index in [1.165, 1.54) is 109 Å². The van der Waals surface area contributed by atoms with Crippen LogP contribution >= 0.6 is 0 Å². The topological polar surface area (TPSA) is 9.72 Å². The first-order chi connectivity index (χ1) is 39.7. The van der Waals surface area contributed by atoms with Gasteiger partial charge in [-0.25, -0.2) is 0 Å². The van der Waals surface area contributed by atoms with Crippen molar-refractivity contribution in [2.24, 2.45) is 0 Å². The van der Waals surface area contributed by atoms with Crippen LogP contribution in [-0.4, -0.2) is 21.2 Å². The van der Waals surface area contributed by atoms with E-state index in [-0.39, 0.29) is 42.9 Å². The van der Waals surface area contributed by atoms with Crippen molar-refractivity contribution in [2.75, 3.05) is 14.7 Å². The Morgan fingerprint density at radius 3 is 1.29 bits per heavy atom. The normalized spacial score (nSPS) is 13.2. The first kappa shape index (κ1) is 54.2. The van der Waals surface area contributed by atoms with Crippen molar-refractivity contribution in [1.29, 1.82) is 0 Å². The second-order valence-corrected chi connectivity index (χ2v) is 29.4. The van der Waals surface area contributed by atoms with Crippen LogP contribution in [0.5, 0.6) is 0 Å². The molecule has 0 unspecified atom stereocenters. The Labute approximate surface area is 499 Å². The van der Waals surface area contributed by atoms with E-state index in [2.05, 4.69) is 328 Å². The number of benzene rings is 10. The molecule has 0 amide bonds. The monoisotopic (exact) mass is 1140 g/mol. The van der Waals surface area contributed by atoms with Crippen molar-refractivity contribution in [3.8, 4) is 33.4 Å². The molecular formula is C78H74BN3Se. The summed E-state index contributed by atoms with van der Waals surface area (Å²) in [6, 6.07) is 88.1. The number of hydrogen-bond donors (Lipinski definition) is 0. The predicted molar refractivity (Wildman–Crippen MR) is 361 cm³/mol. The van der Waals surface area contributed by atoms with Crippen molar-refractivity contribution in [3.63, 3.8) is 0 Å². The summed E-state index contributed by atoms with van der Waals surface area (Å²) < 4.78 is 2.91. The Morgan fingerprint density at radius 1 is 0.349 bits per heavy atom. The third-order valence-electron chi connectivity index (χ3n) is 17.3. The first-order valence-electron chi connectivity index (χ1n) is 29.6. The van der Waals surface area contributed by atoms with Gasteiger partial charge in [0, 0.05) is 0 Å². The van der Waals surface area contributed by atoms with Gasteiger partial charge in [0.15, 0.2) is 0 Å². The predicted octanol–water partition coefficient (Wildman–Crippen LogP) is 19.6. The van der Waals surface area contributed by atoms with Crippen LogP contribution in [0.25, 0.3) is 43.0 Å². The maximum atomic E-state index is 2.66. The van der Waals surface area contributed by atoms with Crippen LogP contribution in [0.15, 0.2) is 231 Å². The molecule has 0 fully saturated rings. The van der Waals surface area contributed by atoms with Gasteiger partial charge in [0.05, 0.1) is 0 Å². The third-order valence-corrected chi connectivity index (χ3v) is 19.9. The van der Waals surface area contributed by atoms with Gasteiger partial charge < -0.3 is 0 Å². The number of hydrogen-bond acceptors (Lipinski definition) is 3. The van der Waals surface area contributed by atoms with E-state index < -0.39 is 0 Å². The number of anilines is 9. The molecule has 5 heteroatoms. The number of nitrogens with zero attached hydrogens (tertiary/aromatic N) is 3. The van der Waals surface area contributed by atoms with E-state index in [0.29, 0.717) is 0 Å². The van der Waals surface area contributed by atoms with Gasteiger partial charge in [-0.05, 0) is 0 Å². The van der Waals surface area contributed by atoms with Gasteiger partial charge in [-0.1, -0.05) is 41.5 Å². The fourth-order valence-corrected chi connectivity index (χ4v) is 15.3. The van der Waals surface area contributed by atoms with E-state index >= 15 is 0 Å². The van der Waals surface area contributed by atoms with E-state index in [9.17, 15) is 0 Å². The molecule has 10 aromatic carbocycles. The summed E-state index contributed by atoms with van der Waals surface area (Å²) in [6.45, 7) is 27.6. The molecule has 0 spiro atoms. The van der Waals surface area contributed by atoms with Gasteiger partial charge in [-0.2, -0.15) is 0 Å². The molecule has 0 atom stereocenters. The Kier molecular flexibility index (Phi) is 13.3. The van der Waals surface area contributed by atoms with Gasteiger partial charge in [0.1, 0.15) is 0 Å². The molecule has 2 aliphatic heterocycles. The summed E-state index contributed by atoms with van der Waals surface area (Å²) in [6.07, 6.45) is 0. The van der Waals surface area contributed by atoms with Crippen molar-refractivity contribution in [3.05, 3.63) is 253 Å². The van der Waals surface area contributed by atoms with Gasteiger partial charge in [-0.3, -0.25) is 0 Å². The molecule has 83 heavy (non-hydrogen) atoms. The summed E-state index contributed by atoms with van der Waals surface area (Å²) in [5.74, 6) is 0. The Balaban J connectivity index is 1.11. The zero-order chi connectivity index (χ0) is 57.7. The van der Waals surface area contributed by atoms with Crippen molar-refractivity contribution in [1.82, 2.24) is 0 Å². The second-order valence-electron chi connectivity index (χ2n) is 27.1. The SMILES string of the molecule is CC(C)(C)c1ccc(N(c2ccc(C(C)(C)C)cc2)c2ccc3c(c2)N(c2ccc(C(C)(C)C)cc2)c2cc(-c4ccccc4)cc4c2B3c2[se]c3ccc(-c5ccccc5-c5ccccc5)cc3c2N4c2ccc(C(C)(C)C)cc2)cc1. The van der Waals surface area contributed by atoms with E-state index in [0.717, 1.165) is 22.7 Å².